The van der Waals surface area contributed by atoms with Gasteiger partial charge in [0.15, 0.2) is 17.4 Å². The molecule has 0 amide bonds. The molecule has 44 heavy (non-hydrogen) atoms. The molecule has 4 rings (SSSR count). The lowest BCUT2D eigenvalue weighted by molar-refractivity contribution is -0.137. The Morgan fingerprint density at radius 3 is 2.16 bits per heavy atom. The number of halogens is 5. The van der Waals surface area contributed by atoms with Crippen LogP contribution in [0.4, 0.5) is 17.6 Å². The Morgan fingerprint density at radius 1 is 0.932 bits per heavy atom. The zero-order valence-corrected chi connectivity index (χ0v) is 29.4. The molecular formula is C31H38BrF4N3O3Si2. The maximum Gasteiger partial charge on any atom is 0.417 e. The van der Waals surface area contributed by atoms with Gasteiger partial charge in [-0.25, -0.2) is 9.37 Å². The number of carbonyl (C=O) groups excluding carboxylic acids is 1. The van der Waals surface area contributed by atoms with Gasteiger partial charge >= 0.3 is 6.18 Å². The van der Waals surface area contributed by atoms with E-state index in [1.54, 1.807) is 21.3 Å². The van der Waals surface area contributed by atoms with Crippen LogP contribution in [0.5, 0.6) is 0 Å². The summed E-state index contributed by atoms with van der Waals surface area (Å²) in [5.41, 5.74) is -0.457. The van der Waals surface area contributed by atoms with Crippen molar-refractivity contribution in [3.8, 4) is 11.5 Å². The minimum absolute atomic E-state index is 0.00840. The fraction of sp³-hybridized carbons (Fsp3) is 0.419. The highest BCUT2D eigenvalue weighted by Crippen LogP contribution is 2.35. The largest absolute Gasteiger partial charge is 0.417 e. The van der Waals surface area contributed by atoms with E-state index in [1.165, 1.54) is 30.5 Å². The highest BCUT2D eigenvalue weighted by atomic mass is 79.9. The number of hydrogen-bond acceptors (Lipinski definition) is 4. The number of ether oxygens (including phenoxy) is 2. The molecule has 0 N–H and O–H groups in total. The predicted octanol–water partition coefficient (Wildman–Crippen LogP) is 9.28. The van der Waals surface area contributed by atoms with Crippen LogP contribution in [0, 0.1) is 5.82 Å². The van der Waals surface area contributed by atoms with Crippen molar-refractivity contribution >= 4 is 48.9 Å². The van der Waals surface area contributed by atoms with E-state index in [1.807, 2.05) is 0 Å². The van der Waals surface area contributed by atoms with Gasteiger partial charge in [0.05, 0.1) is 21.2 Å². The van der Waals surface area contributed by atoms with Gasteiger partial charge in [-0.1, -0.05) is 57.5 Å². The maximum atomic E-state index is 15.5. The van der Waals surface area contributed by atoms with Crippen molar-refractivity contribution in [1.82, 2.24) is 14.1 Å². The van der Waals surface area contributed by atoms with Crippen LogP contribution < -0.4 is 0 Å². The minimum Gasteiger partial charge on any atom is -0.361 e. The molecule has 0 radical (unpaired) electrons. The number of carbonyl (C=O) groups is 1. The van der Waals surface area contributed by atoms with Crippen molar-refractivity contribution in [2.75, 3.05) is 13.2 Å². The van der Waals surface area contributed by atoms with E-state index in [0.717, 1.165) is 18.2 Å². The number of alkyl halides is 3. The molecule has 0 unspecified atom stereocenters. The third-order valence-electron chi connectivity index (χ3n) is 7.11. The molecule has 2 aromatic carbocycles. The number of hydrogen-bond donors (Lipinski definition) is 0. The van der Waals surface area contributed by atoms with Gasteiger partial charge in [-0.2, -0.15) is 13.2 Å². The summed E-state index contributed by atoms with van der Waals surface area (Å²) in [7, 11) is -2.80. The summed E-state index contributed by atoms with van der Waals surface area (Å²) in [6.45, 7) is 14.3. The third-order valence-corrected chi connectivity index (χ3v) is 11.1. The summed E-state index contributed by atoms with van der Waals surface area (Å²) < 4.78 is 72.4. The molecule has 0 aliphatic heterocycles. The summed E-state index contributed by atoms with van der Waals surface area (Å²) in [4.78, 5) is 18.3. The molecule has 4 aromatic rings. The molecule has 0 aliphatic carbocycles. The molecule has 2 heterocycles. The van der Waals surface area contributed by atoms with Crippen LogP contribution in [-0.2, 0) is 29.1 Å². The highest BCUT2D eigenvalue weighted by Gasteiger charge is 2.35. The Labute approximate surface area is 265 Å². The first kappa shape index (κ1) is 34.3. The van der Waals surface area contributed by atoms with Crippen molar-refractivity contribution in [2.45, 2.75) is 71.0 Å². The first-order chi connectivity index (χ1) is 20.5. The third kappa shape index (κ3) is 8.36. The highest BCUT2D eigenvalue weighted by molar-refractivity contribution is 9.10. The Kier molecular flexibility index (Phi) is 10.5. The molecule has 0 aliphatic rings. The summed E-state index contributed by atoms with van der Waals surface area (Å²) in [5, 5.41) is 0. The predicted molar refractivity (Wildman–Crippen MR) is 174 cm³/mol. The van der Waals surface area contributed by atoms with E-state index in [4.69, 9.17) is 14.5 Å². The number of benzene rings is 2. The summed E-state index contributed by atoms with van der Waals surface area (Å²) in [6.07, 6.45) is -3.23. The lowest BCUT2D eigenvalue weighted by Crippen LogP contribution is -2.22. The average Bonchev–Trinajstić information content (AvgIpc) is 3.51. The van der Waals surface area contributed by atoms with Gasteiger partial charge in [0.2, 0.25) is 0 Å². The SMILES string of the molecule is C[Si](C)(C)CCOCn1cc(C(=O)c2ccccc2C(F)(F)F)cc1-c1nc2ccc(Br)c(F)c2n1COCC[Si](C)(C)C. The quantitative estimate of drug-likeness (QED) is 0.0601. The monoisotopic (exact) mass is 711 g/mol. The van der Waals surface area contributed by atoms with Crippen LogP contribution in [0.25, 0.3) is 22.6 Å². The van der Waals surface area contributed by atoms with E-state index >= 15 is 4.39 Å². The second-order valence-electron chi connectivity index (χ2n) is 13.2. The van der Waals surface area contributed by atoms with Crippen LogP contribution in [0.2, 0.25) is 51.4 Å². The lowest BCUT2D eigenvalue weighted by atomic mass is 9.99. The van der Waals surface area contributed by atoms with Gasteiger partial charge in [0, 0.05) is 46.7 Å². The van der Waals surface area contributed by atoms with Crippen LogP contribution in [0.3, 0.4) is 0 Å². The second-order valence-corrected chi connectivity index (χ2v) is 25.3. The Morgan fingerprint density at radius 2 is 1.55 bits per heavy atom. The van der Waals surface area contributed by atoms with E-state index in [0.29, 0.717) is 30.2 Å². The summed E-state index contributed by atoms with van der Waals surface area (Å²) in [6, 6.07) is 11.2. The van der Waals surface area contributed by atoms with Crippen molar-refractivity contribution in [1.29, 1.82) is 0 Å². The Hall–Kier alpha value is -2.59. The van der Waals surface area contributed by atoms with Crippen LogP contribution in [0.15, 0.2) is 53.1 Å². The summed E-state index contributed by atoms with van der Waals surface area (Å²) in [5.74, 6) is -1.00. The number of imidazole rings is 1. The normalized spacial score (nSPS) is 12.8. The van der Waals surface area contributed by atoms with Gasteiger partial charge in [-0.3, -0.25) is 9.36 Å². The average molecular weight is 713 g/mol. The zero-order valence-electron chi connectivity index (χ0n) is 25.8. The van der Waals surface area contributed by atoms with Crippen molar-refractivity contribution in [2.24, 2.45) is 0 Å². The molecule has 0 spiro atoms. The molecule has 238 valence electrons. The molecular weight excluding hydrogens is 674 g/mol. The Bertz CT molecular complexity index is 1640. The molecule has 6 nitrogen and oxygen atoms in total. The van der Waals surface area contributed by atoms with Crippen molar-refractivity contribution in [3.05, 3.63) is 75.6 Å². The number of nitrogens with zero attached hydrogens (tertiary/aromatic N) is 3. The van der Waals surface area contributed by atoms with Crippen LogP contribution >= 0.6 is 15.9 Å². The van der Waals surface area contributed by atoms with E-state index < -0.39 is 45.1 Å². The number of ketones is 1. The van der Waals surface area contributed by atoms with Crippen molar-refractivity contribution < 1.29 is 31.8 Å². The second kappa shape index (κ2) is 13.4. The first-order valence-corrected chi connectivity index (χ1v) is 22.6. The van der Waals surface area contributed by atoms with E-state index in [-0.39, 0.29) is 29.0 Å². The van der Waals surface area contributed by atoms with E-state index in [2.05, 4.69) is 55.2 Å². The molecule has 0 fully saturated rings. The first-order valence-electron chi connectivity index (χ1n) is 14.4. The van der Waals surface area contributed by atoms with Gasteiger partial charge in [0.1, 0.15) is 19.0 Å². The molecule has 0 bridgehead atoms. The van der Waals surface area contributed by atoms with Crippen molar-refractivity contribution in [3.63, 3.8) is 0 Å². The van der Waals surface area contributed by atoms with Gasteiger partial charge in [-0.15, -0.1) is 0 Å². The van der Waals surface area contributed by atoms with Gasteiger partial charge in [0.25, 0.3) is 0 Å². The summed E-state index contributed by atoms with van der Waals surface area (Å²) >= 11 is 3.26. The standard InChI is InChI=1S/C31H38BrF4N3O3Si2/c1-43(2,3)15-13-41-19-38-18-21(29(40)22-9-7-8-10-23(22)31(34,35)36)17-26(38)30-37-25-12-11-24(32)27(33)28(25)39(30)20-42-14-16-44(4,5)6/h7-12,17-18H,13-16,19-20H2,1-6H3. The molecule has 13 heteroatoms. The van der Waals surface area contributed by atoms with Gasteiger partial charge in [-0.05, 0) is 52.3 Å². The minimum atomic E-state index is -4.70. The lowest BCUT2D eigenvalue weighted by Gasteiger charge is -2.17. The number of fused-ring (bicyclic) bond motifs is 1. The van der Waals surface area contributed by atoms with E-state index in [9.17, 15) is 18.0 Å². The molecule has 0 saturated carbocycles. The molecule has 0 atom stereocenters. The smallest absolute Gasteiger partial charge is 0.361 e. The number of aromatic nitrogens is 3. The van der Waals surface area contributed by atoms with Crippen LogP contribution in [-0.4, -0.2) is 49.3 Å². The fourth-order valence-corrected chi connectivity index (χ4v) is 6.40. The zero-order chi connectivity index (χ0) is 32.4. The number of rotatable bonds is 13. The Balaban J connectivity index is 1.82. The maximum absolute atomic E-state index is 15.5. The molecule has 0 saturated heterocycles. The van der Waals surface area contributed by atoms with Gasteiger partial charge < -0.3 is 14.0 Å². The topological polar surface area (TPSA) is 58.3 Å². The fourth-order valence-electron chi connectivity index (χ4n) is 4.57. The molecule has 2 aromatic heterocycles. The van der Waals surface area contributed by atoms with Crippen LogP contribution in [0.1, 0.15) is 21.5 Å².